The molecule has 0 radical (unpaired) electrons. The smallest absolute Gasteiger partial charge is 0.272 e. The standard InChI is InChI=1S/C17H17FN2O5/c1-24-15-6-3-11(9-16(15)25-2)7-8-19-17(21)13-5-4-12(20(22)23)10-14(13)18/h3-6,9-10H,7-8H2,1-2H3,(H,19,21). The molecule has 2 aromatic rings. The molecule has 132 valence electrons. The first-order chi connectivity index (χ1) is 12.0. The van der Waals surface area contributed by atoms with Crippen LogP contribution in [0.15, 0.2) is 36.4 Å². The molecule has 0 bridgehead atoms. The number of non-ortho nitro benzene ring substituents is 1. The lowest BCUT2D eigenvalue weighted by molar-refractivity contribution is -0.385. The number of nitro groups is 1. The van der Waals surface area contributed by atoms with Crippen LogP contribution in [0.1, 0.15) is 15.9 Å². The second-order valence-corrected chi connectivity index (χ2v) is 5.12. The highest BCUT2D eigenvalue weighted by Gasteiger charge is 2.16. The van der Waals surface area contributed by atoms with Crippen molar-refractivity contribution in [3.8, 4) is 11.5 Å². The maximum Gasteiger partial charge on any atom is 0.272 e. The number of carbonyl (C=O) groups excluding carboxylic acids is 1. The summed E-state index contributed by atoms with van der Waals surface area (Å²) < 4.78 is 24.1. The van der Waals surface area contributed by atoms with Crippen molar-refractivity contribution in [3.63, 3.8) is 0 Å². The first kappa shape index (κ1) is 18.2. The predicted molar refractivity (Wildman–Crippen MR) is 88.6 cm³/mol. The van der Waals surface area contributed by atoms with Gasteiger partial charge in [0, 0.05) is 12.6 Å². The Labute approximate surface area is 143 Å². The molecule has 25 heavy (non-hydrogen) atoms. The van der Waals surface area contributed by atoms with Gasteiger partial charge in [-0.15, -0.1) is 0 Å². The first-order valence-corrected chi connectivity index (χ1v) is 7.39. The molecule has 0 aliphatic carbocycles. The molecule has 2 rings (SSSR count). The average Bonchev–Trinajstić information content (AvgIpc) is 2.61. The maximum absolute atomic E-state index is 13.8. The van der Waals surface area contributed by atoms with E-state index >= 15 is 0 Å². The van der Waals surface area contributed by atoms with Gasteiger partial charge in [-0.25, -0.2) is 4.39 Å². The highest BCUT2D eigenvalue weighted by molar-refractivity contribution is 5.94. The Balaban J connectivity index is 1.98. The Morgan fingerprint density at radius 1 is 1.16 bits per heavy atom. The molecule has 0 saturated heterocycles. The molecule has 0 heterocycles. The van der Waals surface area contributed by atoms with Gasteiger partial charge in [-0.1, -0.05) is 6.07 Å². The number of benzene rings is 2. The number of hydrogen-bond donors (Lipinski definition) is 1. The van der Waals surface area contributed by atoms with Gasteiger partial charge in [0.15, 0.2) is 11.5 Å². The number of nitro benzene ring substituents is 1. The number of nitrogens with zero attached hydrogens (tertiary/aromatic N) is 1. The first-order valence-electron chi connectivity index (χ1n) is 7.39. The summed E-state index contributed by atoms with van der Waals surface area (Å²) in [6.45, 7) is 0.269. The minimum Gasteiger partial charge on any atom is -0.493 e. The van der Waals surface area contributed by atoms with Crippen LogP contribution in [-0.4, -0.2) is 31.6 Å². The Morgan fingerprint density at radius 3 is 2.48 bits per heavy atom. The minimum atomic E-state index is -0.933. The maximum atomic E-state index is 13.8. The zero-order valence-corrected chi connectivity index (χ0v) is 13.7. The van der Waals surface area contributed by atoms with Gasteiger partial charge in [-0.05, 0) is 30.2 Å². The van der Waals surface area contributed by atoms with Gasteiger partial charge in [-0.2, -0.15) is 0 Å². The van der Waals surface area contributed by atoms with E-state index in [1.165, 1.54) is 14.2 Å². The SMILES string of the molecule is COc1ccc(CCNC(=O)c2ccc([N+](=O)[O-])cc2F)cc1OC. The molecule has 0 aromatic heterocycles. The van der Waals surface area contributed by atoms with Crippen molar-refractivity contribution in [1.29, 1.82) is 0 Å². The highest BCUT2D eigenvalue weighted by Crippen LogP contribution is 2.27. The van der Waals surface area contributed by atoms with Crippen molar-refractivity contribution in [2.24, 2.45) is 0 Å². The van der Waals surface area contributed by atoms with Gasteiger partial charge in [0.1, 0.15) is 5.82 Å². The van der Waals surface area contributed by atoms with E-state index in [0.717, 1.165) is 23.8 Å². The minimum absolute atomic E-state index is 0.238. The van der Waals surface area contributed by atoms with Crippen molar-refractivity contribution in [2.75, 3.05) is 20.8 Å². The normalized spacial score (nSPS) is 10.2. The second-order valence-electron chi connectivity index (χ2n) is 5.12. The third-order valence-corrected chi connectivity index (χ3v) is 3.56. The van der Waals surface area contributed by atoms with Crippen LogP contribution in [0.2, 0.25) is 0 Å². The molecule has 0 spiro atoms. The molecule has 2 aromatic carbocycles. The molecule has 0 fully saturated rings. The quantitative estimate of drug-likeness (QED) is 0.614. The van der Waals surface area contributed by atoms with E-state index in [9.17, 15) is 19.3 Å². The summed E-state index contributed by atoms with van der Waals surface area (Å²) >= 11 is 0. The topological polar surface area (TPSA) is 90.7 Å². The summed E-state index contributed by atoms with van der Waals surface area (Å²) in [5.74, 6) is -0.387. The van der Waals surface area contributed by atoms with Gasteiger partial charge in [-0.3, -0.25) is 14.9 Å². The van der Waals surface area contributed by atoms with E-state index in [-0.39, 0.29) is 12.1 Å². The summed E-state index contributed by atoms with van der Waals surface area (Å²) in [4.78, 5) is 21.9. The Kier molecular flexibility index (Phi) is 5.89. The van der Waals surface area contributed by atoms with Crippen LogP contribution in [0.3, 0.4) is 0 Å². The Morgan fingerprint density at radius 2 is 1.88 bits per heavy atom. The van der Waals surface area contributed by atoms with E-state index in [1.54, 1.807) is 12.1 Å². The van der Waals surface area contributed by atoms with Crippen molar-refractivity contribution in [3.05, 3.63) is 63.5 Å². The van der Waals surface area contributed by atoms with Crippen molar-refractivity contribution in [1.82, 2.24) is 5.32 Å². The molecular formula is C17H17FN2O5. The summed E-state index contributed by atoms with van der Waals surface area (Å²) in [5.41, 5.74) is 0.263. The molecule has 0 unspecified atom stereocenters. The van der Waals surface area contributed by atoms with Crippen LogP contribution in [0.25, 0.3) is 0 Å². The number of methoxy groups -OCH3 is 2. The summed E-state index contributed by atoms with van der Waals surface area (Å²) in [6.07, 6.45) is 0.501. The van der Waals surface area contributed by atoms with Gasteiger partial charge < -0.3 is 14.8 Å². The van der Waals surface area contributed by atoms with Crippen LogP contribution >= 0.6 is 0 Å². The highest BCUT2D eigenvalue weighted by atomic mass is 19.1. The van der Waals surface area contributed by atoms with E-state index in [1.807, 2.05) is 6.07 Å². The molecule has 7 nitrogen and oxygen atoms in total. The lowest BCUT2D eigenvalue weighted by atomic mass is 10.1. The molecule has 1 N–H and O–H groups in total. The van der Waals surface area contributed by atoms with Gasteiger partial charge in [0.2, 0.25) is 0 Å². The predicted octanol–water partition coefficient (Wildman–Crippen LogP) is 2.72. The number of carbonyl (C=O) groups is 1. The molecule has 0 saturated carbocycles. The number of amides is 1. The molecule has 0 atom stereocenters. The summed E-state index contributed by atoms with van der Waals surface area (Å²) in [6, 6.07) is 8.29. The van der Waals surface area contributed by atoms with Crippen molar-refractivity contribution < 1.29 is 23.6 Å². The van der Waals surface area contributed by atoms with Crippen LogP contribution in [-0.2, 0) is 6.42 Å². The van der Waals surface area contributed by atoms with Gasteiger partial charge in [0.05, 0.1) is 30.8 Å². The Bertz CT molecular complexity index is 795. The largest absolute Gasteiger partial charge is 0.493 e. The van der Waals surface area contributed by atoms with E-state index in [4.69, 9.17) is 9.47 Å². The van der Waals surface area contributed by atoms with Crippen LogP contribution in [0.5, 0.6) is 11.5 Å². The third-order valence-electron chi connectivity index (χ3n) is 3.56. The van der Waals surface area contributed by atoms with E-state index in [0.29, 0.717) is 17.9 Å². The van der Waals surface area contributed by atoms with Crippen molar-refractivity contribution in [2.45, 2.75) is 6.42 Å². The number of nitrogens with one attached hydrogen (secondary N) is 1. The lowest BCUT2D eigenvalue weighted by Gasteiger charge is -2.10. The fourth-order valence-corrected chi connectivity index (χ4v) is 2.25. The Hall–Kier alpha value is -3.16. The zero-order valence-electron chi connectivity index (χ0n) is 13.7. The zero-order chi connectivity index (χ0) is 18.4. The molecule has 0 aliphatic heterocycles. The monoisotopic (exact) mass is 348 g/mol. The van der Waals surface area contributed by atoms with Crippen LogP contribution in [0, 0.1) is 15.9 Å². The van der Waals surface area contributed by atoms with Gasteiger partial charge >= 0.3 is 0 Å². The number of hydrogen-bond acceptors (Lipinski definition) is 5. The lowest BCUT2D eigenvalue weighted by Crippen LogP contribution is -2.26. The summed E-state index contributed by atoms with van der Waals surface area (Å²) in [5, 5.41) is 13.2. The third kappa shape index (κ3) is 4.43. The van der Waals surface area contributed by atoms with Gasteiger partial charge in [0.25, 0.3) is 11.6 Å². The number of ether oxygens (including phenoxy) is 2. The van der Waals surface area contributed by atoms with Crippen LogP contribution < -0.4 is 14.8 Å². The van der Waals surface area contributed by atoms with E-state index in [2.05, 4.69) is 5.32 Å². The molecule has 0 aliphatic rings. The molecular weight excluding hydrogens is 331 g/mol. The summed E-state index contributed by atoms with van der Waals surface area (Å²) in [7, 11) is 3.07. The fraction of sp³-hybridized carbons (Fsp3) is 0.235. The van der Waals surface area contributed by atoms with E-state index < -0.39 is 22.3 Å². The second kappa shape index (κ2) is 8.09. The molecule has 8 heteroatoms. The number of rotatable bonds is 7. The van der Waals surface area contributed by atoms with Crippen LogP contribution in [0.4, 0.5) is 10.1 Å². The average molecular weight is 348 g/mol. The van der Waals surface area contributed by atoms with Crippen molar-refractivity contribution >= 4 is 11.6 Å². The number of halogens is 1. The fourth-order valence-electron chi connectivity index (χ4n) is 2.25. The molecule has 1 amide bonds.